The van der Waals surface area contributed by atoms with Crippen LogP contribution in [0.4, 0.5) is 5.69 Å². The summed E-state index contributed by atoms with van der Waals surface area (Å²) in [5.74, 6) is 1.42. The predicted octanol–water partition coefficient (Wildman–Crippen LogP) is 5.78. The maximum atomic E-state index is 12.0. The van der Waals surface area contributed by atoms with Crippen molar-refractivity contribution >= 4 is 22.5 Å². The largest absolute Gasteiger partial charge is 0.496 e. The number of methoxy groups -OCH3 is 1. The number of rotatable bonds is 6. The highest BCUT2D eigenvalue weighted by Gasteiger charge is 2.25. The van der Waals surface area contributed by atoms with Crippen LogP contribution in [0.5, 0.6) is 5.75 Å². The SMILES string of the molecule is COc1cc2c(C(C)C(C)c3ccccn3)c(NC(C)=O)cnc2cc1-c1c(C)noc1C. The molecule has 0 aliphatic rings. The first-order valence-electron chi connectivity index (χ1n) is 10.9. The third-order valence-electron chi connectivity index (χ3n) is 6.20. The molecule has 4 aromatic rings. The molecular weight excluding hydrogens is 416 g/mol. The van der Waals surface area contributed by atoms with Crippen LogP contribution in [0.25, 0.3) is 22.0 Å². The number of carbonyl (C=O) groups is 1. The number of pyridine rings is 2. The average Bonchev–Trinajstić information content (AvgIpc) is 3.15. The van der Waals surface area contributed by atoms with Gasteiger partial charge in [-0.1, -0.05) is 25.1 Å². The zero-order chi connectivity index (χ0) is 23.7. The van der Waals surface area contributed by atoms with E-state index in [1.165, 1.54) is 6.92 Å². The predicted molar refractivity (Wildman–Crippen MR) is 129 cm³/mol. The van der Waals surface area contributed by atoms with Gasteiger partial charge in [0, 0.05) is 35.7 Å². The van der Waals surface area contributed by atoms with Crippen molar-refractivity contribution in [1.82, 2.24) is 15.1 Å². The number of anilines is 1. The highest BCUT2D eigenvalue weighted by atomic mass is 16.5. The minimum absolute atomic E-state index is 0.0434. The first kappa shape index (κ1) is 22.5. The second-order valence-corrected chi connectivity index (χ2v) is 8.37. The van der Waals surface area contributed by atoms with E-state index in [9.17, 15) is 4.79 Å². The van der Waals surface area contributed by atoms with Crippen LogP contribution in [0.1, 0.15) is 55.3 Å². The lowest BCUT2D eigenvalue weighted by Crippen LogP contribution is -2.14. The van der Waals surface area contributed by atoms with E-state index < -0.39 is 0 Å². The Labute approximate surface area is 193 Å². The Morgan fingerprint density at radius 3 is 2.52 bits per heavy atom. The molecule has 170 valence electrons. The van der Waals surface area contributed by atoms with Gasteiger partial charge in [0.25, 0.3) is 0 Å². The molecule has 1 N–H and O–H groups in total. The second-order valence-electron chi connectivity index (χ2n) is 8.37. The fraction of sp³-hybridized carbons (Fsp3) is 0.308. The van der Waals surface area contributed by atoms with Crippen molar-refractivity contribution in [2.45, 2.75) is 46.5 Å². The van der Waals surface area contributed by atoms with Crippen molar-refractivity contribution in [3.8, 4) is 16.9 Å². The van der Waals surface area contributed by atoms with Gasteiger partial charge < -0.3 is 14.6 Å². The molecule has 1 amide bonds. The van der Waals surface area contributed by atoms with Crippen molar-refractivity contribution in [2.75, 3.05) is 12.4 Å². The topological polar surface area (TPSA) is 90.1 Å². The monoisotopic (exact) mass is 444 g/mol. The van der Waals surface area contributed by atoms with E-state index in [0.29, 0.717) is 11.4 Å². The van der Waals surface area contributed by atoms with E-state index in [0.717, 1.165) is 44.7 Å². The number of hydrogen-bond acceptors (Lipinski definition) is 6. The highest BCUT2D eigenvalue weighted by Crippen LogP contribution is 2.43. The smallest absolute Gasteiger partial charge is 0.221 e. The Bertz CT molecular complexity index is 1290. The Balaban J connectivity index is 1.95. The summed E-state index contributed by atoms with van der Waals surface area (Å²) in [6, 6.07) is 9.92. The number of benzene rings is 1. The third kappa shape index (κ3) is 4.18. The molecule has 0 aliphatic carbocycles. The molecule has 33 heavy (non-hydrogen) atoms. The van der Waals surface area contributed by atoms with Gasteiger partial charge >= 0.3 is 0 Å². The molecule has 1 aromatic carbocycles. The number of hydrogen-bond donors (Lipinski definition) is 1. The molecule has 0 spiro atoms. The summed E-state index contributed by atoms with van der Waals surface area (Å²) < 4.78 is 11.2. The minimum atomic E-state index is -0.144. The summed E-state index contributed by atoms with van der Waals surface area (Å²) in [6.45, 7) is 9.58. The van der Waals surface area contributed by atoms with Gasteiger partial charge in [0.15, 0.2) is 0 Å². The molecule has 7 nitrogen and oxygen atoms in total. The van der Waals surface area contributed by atoms with Crippen LogP contribution in [0, 0.1) is 13.8 Å². The summed E-state index contributed by atoms with van der Waals surface area (Å²) in [6.07, 6.45) is 3.53. The molecule has 0 radical (unpaired) electrons. The van der Waals surface area contributed by atoms with Gasteiger partial charge in [-0.05, 0) is 49.6 Å². The van der Waals surface area contributed by atoms with E-state index in [1.54, 1.807) is 19.5 Å². The van der Waals surface area contributed by atoms with Gasteiger partial charge in [-0.15, -0.1) is 0 Å². The average molecular weight is 445 g/mol. The number of fused-ring (bicyclic) bond motifs is 1. The summed E-state index contributed by atoms with van der Waals surface area (Å²) >= 11 is 0. The van der Waals surface area contributed by atoms with E-state index in [4.69, 9.17) is 9.26 Å². The van der Waals surface area contributed by atoms with Gasteiger partial charge in [-0.3, -0.25) is 14.8 Å². The summed E-state index contributed by atoms with van der Waals surface area (Å²) in [4.78, 5) is 21.2. The van der Waals surface area contributed by atoms with Crippen molar-refractivity contribution in [3.05, 3.63) is 65.4 Å². The Morgan fingerprint density at radius 2 is 1.91 bits per heavy atom. The molecule has 2 unspecified atom stereocenters. The van der Waals surface area contributed by atoms with E-state index >= 15 is 0 Å². The van der Waals surface area contributed by atoms with Crippen molar-refractivity contribution in [2.24, 2.45) is 0 Å². The van der Waals surface area contributed by atoms with E-state index in [1.807, 2.05) is 44.2 Å². The number of aromatic nitrogens is 3. The lowest BCUT2D eigenvalue weighted by Gasteiger charge is -2.25. The van der Waals surface area contributed by atoms with Gasteiger partial charge in [-0.25, -0.2) is 0 Å². The molecule has 0 aliphatic heterocycles. The first-order valence-corrected chi connectivity index (χ1v) is 10.9. The Hall–Kier alpha value is -3.74. The van der Waals surface area contributed by atoms with Crippen LogP contribution in [0.15, 0.2) is 47.2 Å². The van der Waals surface area contributed by atoms with Crippen LogP contribution in [-0.4, -0.2) is 28.1 Å². The van der Waals surface area contributed by atoms with Gasteiger partial charge in [0.05, 0.1) is 35.8 Å². The Kier molecular flexibility index (Phi) is 6.14. The molecule has 0 fully saturated rings. The number of amides is 1. The molecular formula is C26H28N4O3. The number of nitrogens with one attached hydrogen (secondary N) is 1. The molecule has 3 aromatic heterocycles. The van der Waals surface area contributed by atoms with Gasteiger partial charge in [0.2, 0.25) is 5.91 Å². The molecule has 3 heterocycles. The molecule has 4 rings (SSSR count). The Morgan fingerprint density at radius 1 is 1.12 bits per heavy atom. The van der Waals surface area contributed by atoms with Crippen LogP contribution >= 0.6 is 0 Å². The van der Waals surface area contributed by atoms with Crippen molar-refractivity contribution in [3.63, 3.8) is 0 Å². The molecule has 0 bridgehead atoms. The molecule has 7 heteroatoms. The third-order valence-corrected chi connectivity index (χ3v) is 6.20. The van der Waals surface area contributed by atoms with E-state index in [2.05, 4.69) is 34.3 Å². The maximum absolute atomic E-state index is 12.0. The van der Waals surface area contributed by atoms with Crippen LogP contribution in [-0.2, 0) is 4.79 Å². The second kappa shape index (κ2) is 9.02. The molecule has 0 saturated carbocycles. The number of aryl methyl sites for hydroxylation is 2. The minimum Gasteiger partial charge on any atom is -0.496 e. The van der Waals surface area contributed by atoms with Gasteiger partial charge in [-0.2, -0.15) is 0 Å². The highest BCUT2D eigenvalue weighted by molar-refractivity contribution is 5.97. The molecule has 2 atom stereocenters. The normalized spacial score (nSPS) is 13.0. The van der Waals surface area contributed by atoms with Crippen LogP contribution in [0.2, 0.25) is 0 Å². The number of nitrogens with zero attached hydrogens (tertiary/aromatic N) is 3. The number of ether oxygens (including phenoxy) is 1. The fourth-order valence-electron chi connectivity index (χ4n) is 4.40. The summed E-state index contributed by atoms with van der Waals surface area (Å²) in [5.41, 5.74) is 6.04. The number of carbonyl (C=O) groups excluding carboxylic acids is 1. The zero-order valence-corrected chi connectivity index (χ0v) is 19.8. The van der Waals surface area contributed by atoms with E-state index in [-0.39, 0.29) is 17.7 Å². The van der Waals surface area contributed by atoms with Crippen molar-refractivity contribution < 1.29 is 14.1 Å². The quantitative estimate of drug-likeness (QED) is 0.406. The lowest BCUT2D eigenvalue weighted by molar-refractivity contribution is -0.114. The zero-order valence-electron chi connectivity index (χ0n) is 19.8. The molecule has 0 saturated heterocycles. The maximum Gasteiger partial charge on any atom is 0.221 e. The van der Waals surface area contributed by atoms with Crippen molar-refractivity contribution in [1.29, 1.82) is 0 Å². The first-order chi connectivity index (χ1) is 15.8. The fourth-order valence-corrected chi connectivity index (χ4v) is 4.40. The standard InChI is InChI=1S/C26H28N4O3/c1-14(21-9-7-8-10-27-21)15(2)25-19-12-24(32-6)20(26-16(3)30-33-17(26)4)11-22(19)28-13-23(25)29-18(5)31/h7-15H,1-6H3,(H,29,31). The van der Waals surface area contributed by atoms with Gasteiger partial charge in [0.1, 0.15) is 11.5 Å². The van der Waals surface area contributed by atoms with Crippen LogP contribution < -0.4 is 10.1 Å². The summed E-state index contributed by atoms with van der Waals surface area (Å²) in [5, 5.41) is 7.98. The summed E-state index contributed by atoms with van der Waals surface area (Å²) in [7, 11) is 1.65. The lowest BCUT2D eigenvalue weighted by atomic mass is 9.83. The van der Waals surface area contributed by atoms with Crippen LogP contribution in [0.3, 0.4) is 0 Å².